The maximum Gasteiger partial charge on any atom is 0.237 e. The summed E-state index contributed by atoms with van der Waals surface area (Å²) in [5.74, 6) is 1.03. The van der Waals surface area contributed by atoms with Gasteiger partial charge in [-0.2, -0.15) is 0 Å². The average Bonchev–Trinajstić information content (AvgIpc) is 3.04. The van der Waals surface area contributed by atoms with E-state index < -0.39 is 0 Å². The lowest BCUT2D eigenvalue weighted by atomic mass is 9.93. The van der Waals surface area contributed by atoms with Crippen molar-refractivity contribution in [3.63, 3.8) is 0 Å². The number of aromatic nitrogens is 3. The molecule has 4 rings (SSSR count). The van der Waals surface area contributed by atoms with Crippen molar-refractivity contribution >= 4 is 21.7 Å². The Balaban J connectivity index is 1.41. The van der Waals surface area contributed by atoms with Crippen LogP contribution >= 0.6 is 11.3 Å². The summed E-state index contributed by atoms with van der Waals surface area (Å²) >= 11 is 1.63. The molecule has 6 nitrogen and oxygen atoms in total. The van der Waals surface area contributed by atoms with Crippen molar-refractivity contribution in [1.82, 2.24) is 14.9 Å². The van der Waals surface area contributed by atoms with Gasteiger partial charge >= 0.3 is 0 Å². The molecule has 0 aromatic carbocycles. The lowest BCUT2D eigenvalue weighted by Crippen LogP contribution is -2.40. The molecule has 0 bridgehead atoms. The molecule has 0 spiro atoms. The molecular weight excluding hydrogens is 336 g/mol. The van der Waals surface area contributed by atoms with Gasteiger partial charge < -0.3 is 4.74 Å². The van der Waals surface area contributed by atoms with Crippen LogP contribution in [0.25, 0.3) is 10.3 Å². The van der Waals surface area contributed by atoms with E-state index in [2.05, 4.69) is 14.9 Å². The van der Waals surface area contributed by atoms with Crippen LogP contribution in [0.1, 0.15) is 29.5 Å². The number of hydrogen-bond donors (Lipinski definition) is 1. The van der Waals surface area contributed by atoms with E-state index in [9.17, 15) is 5.21 Å². The molecule has 25 heavy (non-hydrogen) atoms. The predicted molar refractivity (Wildman–Crippen MR) is 95.0 cm³/mol. The molecule has 0 radical (unpaired) electrons. The maximum absolute atomic E-state index is 9.96. The normalized spacial score (nSPS) is 16.4. The van der Waals surface area contributed by atoms with E-state index in [1.807, 2.05) is 30.3 Å². The number of piperidine rings is 1. The third kappa shape index (κ3) is 3.43. The van der Waals surface area contributed by atoms with Gasteiger partial charge in [-0.15, -0.1) is 0 Å². The molecule has 3 aromatic heterocycles. The van der Waals surface area contributed by atoms with Gasteiger partial charge in [-0.05, 0) is 38.1 Å². The Morgan fingerprint density at radius 2 is 2.08 bits per heavy atom. The number of likely N-dealkylation sites (tertiary alicyclic amines) is 1. The van der Waals surface area contributed by atoms with Gasteiger partial charge in [0, 0.05) is 22.9 Å². The number of rotatable bonds is 4. The van der Waals surface area contributed by atoms with Crippen LogP contribution in [0, 0.1) is 0 Å². The molecule has 0 unspecified atom stereocenters. The number of methoxy groups -OCH3 is 1. The fourth-order valence-corrected chi connectivity index (χ4v) is 4.34. The summed E-state index contributed by atoms with van der Waals surface area (Å²) in [5.41, 5.74) is 1.93. The Bertz CT molecular complexity index is 874. The smallest absolute Gasteiger partial charge is 0.237 e. The number of ether oxygens (including phenoxy) is 1. The van der Waals surface area contributed by atoms with Gasteiger partial charge in [0.1, 0.15) is 15.4 Å². The zero-order valence-corrected chi connectivity index (χ0v) is 14.9. The van der Waals surface area contributed by atoms with Crippen LogP contribution in [-0.4, -0.2) is 40.3 Å². The molecule has 7 heteroatoms. The molecule has 1 aliphatic rings. The zero-order chi connectivity index (χ0) is 17.2. The van der Waals surface area contributed by atoms with Crippen LogP contribution in [0.2, 0.25) is 0 Å². The minimum Gasteiger partial charge on any atom is -0.481 e. The molecule has 4 heterocycles. The van der Waals surface area contributed by atoms with Gasteiger partial charge in [-0.3, -0.25) is 10.1 Å². The second-order valence-corrected chi connectivity index (χ2v) is 7.37. The molecule has 130 valence electrons. The summed E-state index contributed by atoms with van der Waals surface area (Å²) in [6, 6.07) is 9.64. The number of pyridine rings is 2. The van der Waals surface area contributed by atoms with E-state index in [1.54, 1.807) is 24.6 Å². The van der Waals surface area contributed by atoms with Crippen LogP contribution < -0.4 is 9.47 Å². The van der Waals surface area contributed by atoms with Gasteiger partial charge in [0.25, 0.3) is 0 Å². The SMILES string of the molecule is COc1ccc2nc(CN3CCC(c4cccc[n+]4O)CC3)sc2n1. The lowest BCUT2D eigenvalue weighted by Gasteiger charge is -2.29. The Kier molecular flexibility index (Phi) is 4.50. The highest BCUT2D eigenvalue weighted by Crippen LogP contribution is 2.28. The van der Waals surface area contributed by atoms with E-state index in [0.29, 0.717) is 11.8 Å². The first-order chi connectivity index (χ1) is 12.2. The van der Waals surface area contributed by atoms with E-state index in [4.69, 9.17) is 4.74 Å². The van der Waals surface area contributed by atoms with Crippen molar-refractivity contribution in [2.45, 2.75) is 25.3 Å². The number of hydrogen-bond acceptors (Lipinski definition) is 6. The highest BCUT2D eigenvalue weighted by atomic mass is 32.1. The monoisotopic (exact) mass is 357 g/mol. The van der Waals surface area contributed by atoms with Crippen molar-refractivity contribution < 1.29 is 14.7 Å². The Morgan fingerprint density at radius 1 is 1.24 bits per heavy atom. The summed E-state index contributed by atoms with van der Waals surface area (Å²) in [5, 5.41) is 11.1. The second-order valence-electron chi connectivity index (χ2n) is 6.31. The molecule has 0 aliphatic carbocycles. The minimum absolute atomic E-state index is 0.406. The van der Waals surface area contributed by atoms with Crippen LogP contribution in [0.3, 0.4) is 0 Å². The molecule has 0 amide bonds. The van der Waals surface area contributed by atoms with Crippen molar-refractivity contribution in [1.29, 1.82) is 0 Å². The van der Waals surface area contributed by atoms with Gasteiger partial charge in [-0.25, -0.2) is 9.97 Å². The highest BCUT2D eigenvalue weighted by Gasteiger charge is 2.27. The molecule has 0 atom stereocenters. The molecule has 1 aliphatic heterocycles. The van der Waals surface area contributed by atoms with Gasteiger partial charge in [0.2, 0.25) is 17.8 Å². The van der Waals surface area contributed by atoms with Crippen LogP contribution in [0.15, 0.2) is 36.5 Å². The third-order valence-corrected chi connectivity index (χ3v) is 5.67. The maximum atomic E-state index is 9.96. The van der Waals surface area contributed by atoms with E-state index >= 15 is 0 Å². The first kappa shape index (κ1) is 16.2. The summed E-state index contributed by atoms with van der Waals surface area (Å²) in [7, 11) is 1.63. The topological polar surface area (TPSA) is 62.4 Å². The molecule has 3 aromatic rings. The third-order valence-electron chi connectivity index (χ3n) is 4.72. The molecule has 1 saturated heterocycles. The van der Waals surface area contributed by atoms with Crippen LogP contribution in [0.4, 0.5) is 0 Å². The zero-order valence-electron chi connectivity index (χ0n) is 14.1. The van der Waals surface area contributed by atoms with Gasteiger partial charge in [0.05, 0.1) is 19.6 Å². The van der Waals surface area contributed by atoms with Crippen molar-refractivity contribution in [2.75, 3.05) is 20.2 Å². The highest BCUT2D eigenvalue weighted by molar-refractivity contribution is 7.18. The first-order valence-corrected chi connectivity index (χ1v) is 9.27. The number of fused-ring (bicyclic) bond motifs is 1. The minimum atomic E-state index is 0.406. The molecule has 0 saturated carbocycles. The van der Waals surface area contributed by atoms with E-state index in [1.165, 1.54) is 4.73 Å². The van der Waals surface area contributed by atoms with Gasteiger partial charge in [-0.1, -0.05) is 11.3 Å². The van der Waals surface area contributed by atoms with Crippen LogP contribution in [0.5, 0.6) is 5.88 Å². The number of thiazole rings is 1. The number of nitrogens with zero attached hydrogens (tertiary/aromatic N) is 4. The standard InChI is InChI=1S/C18H21N4O2S/c1-24-16-6-5-14-18(20-16)25-17(19-14)12-21-10-7-13(8-11-21)15-4-2-3-9-22(15)23/h2-6,9,13,23H,7-8,10-12H2,1H3/q+1. The predicted octanol–water partition coefficient (Wildman–Crippen LogP) is 2.60. The lowest BCUT2D eigenvalue weighted by molar-refractivity contribution is -0.910. The fourth-order valence-electron chi connectivity index (χ4n) is 3.38. The summed E-state index contributed by atoms with van der Waals surface area (Å²) in [6.45, 7) is 2.86. The molecule has 1 N–H and O–H groups in total. The Morgan fingerprint density at radius 3 is 2.84 bits per heavy atom. The molecular formula is C18H21N4O2S+. The first-order valence-electron chi connectivity index (χ1n) is 8.45. The largest absolute Gasteiger partial charge is 0.481 e. The summed E-state index contributed by atoms with van der Waals surface area (Å²) < 4.78 is 6.44. The van der Waals surface area contributed by atoms with E-state index in [0.717, 1.165) is 53.5 Å². The summed E-state index contributed by atoms with van der Waals surface area (Å²) in [4.78, 5) is 12.5. The van der Waals surface area contributed by atoms with Gasteiger partial charge in [0.15, 0.2) is 0 Å². The average molecular weight is 357 g/mol. The van der Waals surface area contributed by atoms with Crippen molar-refractivity contribution in [3.05, 3.63) is 47.2 Å². The Labute approximate surface area is 150 Å². The Hall–Kier alpha value is -2.25. The fraction of sp³-hybridized carbons (Fsp3) is 0.389. The summed E-state index contributed by atoms with van der Waals surface area (Å²) in [6.07, 6.45) is 3.78. The van der Waals surface area contributed by atoms with Crippen molar-refractivity contribution in [3.8, 4) is 5.88 Å². The van der Waals surface area contributed by atoms with Crippen molar-refractivity contribution in [2.24, 2.45) is 0 Å². The van der Waals surface area contributed by atoms with Crippen LogP contribution in [-0.2, 0) is 6.54 Å². The van der Waals surface area contributed by atoms with E-state index in [-0.39, 0.29) is 0 Å². The quantitative estimate of drug-likeness (QED) is 0.574. The second kappa shape index (κ2) is 6.93. The molecule has 1 fully saturated rings.